The Bertz CT molecular complexity index is 743. The first-order chi connectivity index (χ1) is 8.70. The number of nitrogens with zero attached hydrogens (tertiary/aromatic N) is 2. The number of benzene rings is 1. The van der Waals surface area contributed by atoms with E-state index < -0.39 is 0 Å². The Balaban J connectivity index is 2.30. The van der Waals surface area contributed by atoms with Crippen LogP contribution in [0.1, 0.15) is 10.4 Å². The van der Waals surface area contributed by atoms with Crippen molar-refractivity contribution in [3.8, 4) is 11.5 Å². The van der Waals surface area contributed by atoms with Crippen molar-refractivity contribution in [2.45, 2.75) is 0 Å². The van der Waals surface area contributed by atoms with Crippen LogP contribution in [0.2, 0.25) is 0 Å². The Labute approximate surface area is 102 Å². The monoisotopic (exact) mass is 244 g/mol. The van der Waals surface area contributed by atoms with Crippen LogP contribution in [0.4, 0.5) is 4.39 Å². The molecular weight excluding hydrogens is 235 g/mol. The lowest BCUT2D eigenvalue weighted by Gasteiger charge is -2.00. The average Bonchev–Trinajstić information content (AvgIpc) is 2.94. The van der Waals surface area contributed by atoms with E-state index in [1.54, 1.807) is 17.7 Å². The summed E-state index contributed by atoms with van der Waals surface area (Å²) in [6.07, 6.45) is 2.05. The van der Waals surface area contributed by atoms with E-state index in [1.165, 1.54) is 18.3 Å². The summed E-state index contributed by atoms with van der Waals surface area (Å²) in [5, 5.41) is 4.48. The van der Waals surface area contributed by atoms with Crippen LogP contribution >= 0.6 is 0 Å². The van der Waals surface area contributed by atoms with Crippen LogP contribution in [0.25, 0.3) is 22.4 Å². The second kappa shape index (κ2) is 3.80. The van der Waals surface area contributed by atoms with Crippen LogP contribution < -0.4 is 0 Å². The second-order valence-electron chi connectivity index (χ2n) is 4.02. The number of halogens is 1. The molecule has 0 aliphatic heterocycles. The number of fused-ring (bicyclic) bond motifs is 1. The van der Waals surface area contributed by atoms with Gasteiger partial charge in [0.25, 0.3) is 0 Å². The Morgan fingerprint density at radius 2 is 2.22 bits per heavy atom. The fourth-order valence-corrected chi connectivity index (χ4v) is 2.05. The minimum absolute atomic E-state index is 0.302. The van der Waals surface area contributed by atoms with Gasteiger partial charge in [0.15, 0.2) is 12.0 Å². The van der Waals surface area contributed by atoms with Crippen LogP contribution in [-0.4, -0.2) is 16.0 Å². The zero-order valence-corrected chi connectivity index (χ0v) is 9.55. The predicted molar refractivity (Wildman–Crippen MR) is 63.8 cm³/mol. The maximum atomic E-state index is 13.2. The molecule has 2 aromatic heterocycles. The molecule has 90 valence electrons. The molecule has 0 N–H and O–H groups in total. The van der Waals surface area contributed by atoms with Gasteiger partial charge in [0.05, 0.1) is 23.0 Å². The van der Waals surface area contributed by atoms with Gasteiger partial charge in [-0.05, 0) is 24.3 Å². The van der Waals surface area contributed by atoms with Crippen molar-refractivity contribution >= 4 is 17.2 Å². The third kappa shape index (κ3) is 1.44. The quantitative estimate of drug-likeness (QED) is 0.651. The molecular formula is C13H9FN2O2. The summed E-state index contributed by atoms with van der Waals surface area (Å²) < 4.78 is 20.1. The van der Waals surface area contributed by atoms with Crippen LogP contribution in [-0.2, 0) is 7.05 Å². The van der Waals surface area contributed by atoms with E-state index in [9.17, 15) is 9.18 Å². The third-order valence-electron chi connectivity index (χ3n) is 2.96. The fraction of sp³-hybridized carbons (Fsp3) is 0.0769. The zero-order chi connectivity index (χ0) is 12.7. The molecule has 3 aromatic rings. The van der Waals surface area contributed by atoms with Gasteiger partial charge in [-0.3, -0.25) is 4.79 Å². The molecule has 0 spiro atoms. The van der Waals surface area contributed by atoms with Crippen molar-refractivity contribution < 1.29 is 13.7 Å². The standard InChI is InChI=1S/C13H9FN2O2/c1-16-11-5-10(14)3-2-8(11)4-12(16)13-9(7-17)6-15-18-13/h2-7H,1H3. The van der Waals surface area contributed by atoms with Gasteiger partial charge >= 0.3 is 0 Å². The van der Waals surface area contributed by atoms with E-state index in [4.69, 9.17) is 4.52 Å². The van der Waals surface area contributed by atoms with Crippen molar-refractivity contribution in [2.75, 3.05) is 0 Å². The number of hydrogen-bond donors (Lipinski definition) is 0. The SMILES string of the molecule is Cn1c(-c2oncc2C=O)cc2ccc(F)cc21. The molecule has 0 bridgehead atoms. The highest BCUT2D eigenvalue weighted by Crippen LogP contribution is 2.29. The summed E-state index contributed by atoms with van der Waals surface area (Å²) in [5.74, 6) is 0.0903. The highest BCUT2D eigenvalue weighted by molar-refractivity contribution is 5.90. The van der Waals surface area contributed by atoms with E-state index >= 15 is 0 Å². The highest BCUT2D eigenvalue weighted by atomic mass is 19.1. The van der Waals surface area contributed by atoms with E-state index in [-0.39, 0.29) is 5.82 Å². The first-order valence-electron chi connectivity index (χ1n) is 5.36. The lowest BCUT2D eigenvalue weighted by atomic mass is 10.2. The molecule has 0 radical (unpaired) electrons. The number of aryl methyl sites for hydroxylation is 1. The first-order valence-corrected chi connectivity index (χ1v) is 5.36. The molecule has 2 heterocycles. The molecule has 1 aromatic carbocycles. The van der Waals surface area contributed by atoms with Gasteiger partial charge < -0.3 is 9.09 Å². The van der Waals surface area contributed by atoms with E-state index in [1.807, 2.05) is 6.07 Å². The molecule has 0 amide bonds. The van der Waals surface area contributed by atoms with Crippen molar-refractivity contribution in [3.63, 3.8) is 0 Å². The Morgan fingerprint density at radius 1 is 1.39 bits per heavy atom. The molecule has 0 unspecified atom stereocenters. The second-order valence-corrected chi connectivity index (χ2v) is 4.02. The summed E-state index contributed by atoms with van der Waals surface area (Å²) in [6.45, 7) is 0. The molecule has 0 atom stereocenters. The van der Waals surface area contributed by atoms with Gasteiger partial charge in [0, 0.05) is 12.4 Å². The summed E-state index contributed by atoms with van der Waals surface area (Å²) in [5.41, 5.74) is 1.80. The highest BCUT2D eigenvalue weighted by Gasteiger charge is 2.15. The molecule has 0 saturated heterocycles. The van der Waals surface area contributed by atoms with Crippen molar-refractivity contribution in [2.24, 2.45) is 7.05 Å². The minimum Gasteiger partial charge on any atom is -0.354 e. The van der Waals surface area contributed by atoms with Gasteiger partial charge in [-0.25, -0.2) is 4.39 Å². The van der Waals surface area contributed by atoms with Crippen LogP contribution in [0, 0.1) is 5.82 Å². The summed E-state index contributed by atoms with van der Waals surface area (Å²) in [7, 11) is 1.79. The Hall–Kier alpha value is -2.43. The number of carbonyl (C=O) groups is 1. The molecule has 0 saturated carbocycles. The third-order valence-corrected chi connectivity index (χ3v) is 2.96. The predicted octanol–water partition coefficient (Wildman–Crippen LogP) is 2.78. The van der Waals surface area contributed by atoms with Crippen LogP contribution in [0.3, 0.4) is 0 Å². The summed E-state index contributed by atoms with van der Waals surface area (Å²) in [6, 6.07) is 6.36. The minimum atomic E-state index is -0.302. The normalized spacial score (nSPS) is 11.0. The number of rotatable bonds is 2. The molecule has 0 fully saturated rings. The van der Waals surface area contributed by atoms with E-state index in [2.05, 4.69) is 5.16 Å². The smallest absolute Gasteiger partial charge is 0.193 e. The number of aromatic nitrogens is 2. The number of carbonyl (C=O) groups excluding carboxylic acids is 1. The Morgan fingerprint density at radius 3 is 3.00 bits per heavy atom. The molecule has 0 aliphatic rings. The first kappa shape index (κ1) is 10.7. The number of hydrogen-bond acceptors (Lipinski definition) is 3. The largest absolute Gasteiger partial charge is 0.354 e. The zero-order valence-electron chi connectivity index (χ0n) is 9.55. The fourth-order valence-electron chi connectivity index (χ4n) is 2.05. The van der Waals surface area contributed by atoms with Crippen LogP contribution in [0.5, 0.6) is 0 Å². The maximum absolute atomic E-state index is 13.2. The van der Waals surface area contributed by atoms with E-state index in [0.717, 1.165) is 10.9 Å². The van der Waals surface area contributed by atoms with Gasteiger partial charge in [0.1, 0.15) is 5.82 Å². The summed E-state index contributed by atoms with van der Waals surface area (Å²) in [4.78, 5) is 10.9. The Kier molecular flexibility index (Phi) is 2.26. The van der Waals surface area contributed by atoms with Gasteiger partial charge in [-0.2, -0.15) is 0 Å². The molecule has 0 aliphatic carbocycles. The average molecular weight is 244 g/mol. The molecule has 5 heteroatoms. The molecule has 3 rings (SSSR count). The lowest BCUT2D eigenvalue weighted by molar-refractivity contribution is 0.112. The van der Waals surface area contributed by atoms with Gasteiger partial charge in [-0.15, -0.1) is 0 Å². The molecule has 18 heavy (non-hydrogen) atoms. The van der Waals surface area contributed by atoms with Crippen molar-refractivity contribution in [3.05, 3.63) is 41.8 Å². The lowest BCUT2D eigenvalue weighted by Crippen LogP contribution is -1.92. The van der Waals surface area contributed by atoms with E-state index in [0.29, 0.717) is 23.3 Å². The summed E-state index contributed by atoms with van der Waals surface area (Å²) >= 11 is 0. The van der Waals surface area contributed by atoms with Crippen LogP contribution in [0.15, 0.2) is 35.0 Å². The van der Waals surface area contributed by atoms with Gasteiger partial charge in [-0.1, -0.05) is 5.16 Å². The van der Waals surface area contributed by atoms with Crippen molar-refractivity contribution in [1.82, 2.24) is 9.72 Å². The topological polar surface area (TPSA) is 48.0 Å². The number of aldehydes is 1. The maximum Gasteiger partial charge on any atom is 0.193 e. The molecule has 4 nitrogen and oxygen atoms in total. The van der Waals surface area contributed by atoms with Gasteiger partial charge in [0.2, 0.25) is 0 Å². The van der Waals surface area contributed by atoms with Crippen molar-refractivity contribution in [1.29, 1.82) is 0 Å².